The number of pyridine rings is 1. The highest BCUT2D eigenvalue weighted by Crippen LogP contribution is 2.44. The molecule has 1 unspecified atom stereocenters. The van der Waals surface area contributed by atoms with E-state index in [2.05, 4.69) is 33.4 Å². The second-order valence-electron chi connectivity index (χ2n) is 11.1. The molecule has 6 rings (SSSR count). The number of piperidine rings is 1. The SMILES string of the molecule is COC1C[C@H]2CC[C@@H](C1)N2c1ccc2c(c1)N(C(=O)[C@H]1CC[C@H](OC(C)C)CO1)Cc1cccnc1N2. The molecule has 3 fully saturated rings. The van der Waals surface area contributed by atoms with Gasteiger partial charge in [0.25, 0.3) is 5.91 Å². The molecular weight excluding hydrogens is 468 g/mol. The van der Waals surface area contributed by atoms with Gasteiger partial charge in [-0.3, -0.25) is 4.79 Å². The lowest BCUT2D eigenvalue weighted by molar-refractivity contribution is -0.143. The second kappa shape index (κ2) is 10.2. The molecule has 0 aliphatic carbocycles. The molecule has 5 atom stereocenters. The predicted octanol–water partition coefficient (Wildman–Crippen LogP) is 4.79. The Kier molecular flexibility index (Phi) is 6.82. The maximum Gasteiger partial charge on any atom is 0.256 e. The van der Waals surface area contributed by atoms with Crippen LogP contribution < -0.4 is 15.1 Å². The molecule has 4 aliphatic heterocycles. The first-order valence-electron chi connectivity index (χ1n) is 13.7. The summed E-state index contributed by atoms with van der Waals surface area (Å²) in [5.41, 5.74) is 3.95. The molecule has 1 amide bonds. The molecule has 5 heterocycles. The van der Waals surface area contributed by atoms with Gasteiger partial charge in [-0.05, 0) is 76.6 Å². The minimum Gasteiger partial charge on any atom is -0.381 e. The number of nitrogens with zero attached hydrogens (tertiary/aromatic N) is 3. The van der Waals surface area contributed by atoms with Gasteiger partial charge in [-0.2, -0.15) is 0 Å². The molecule has 198 valence electrons. The lowest BCUT2D eigenvalue weighted by atomic mass is 9.98. The summed E-state index contributed by atoms with van der Waals surface area (Å²) in [6.45, 7) is 4.97. The molecule has 37 heavy (non-hydrogen) atoms. The number of ether oxygens (including phenoxy) is 3. The Morgan fingerprint density at radius 1 is 1.11 bits per heavy atom. The van der Waals surface area contributed by atoms with Crippen LogP contribution in [0.3, 0.4) is 0 Å². The van der Waals surface area contributed by atoms with Crippen LogP contribution in [-0.2, 0) is 25.5 Å². The highest BCUT2D eigenvalue weighted by Gasteiger charge is 2.41. The van der Waals surface area contributed by atoms with Crippen molar-refractivity contribution in [2.45, 2.75) is 95.4 Å². The van der Waals surface area contributed by atoms with Crippen LogP contribution in [0.4, 0.5) is 22.9 Å². The molecule has 4 aliphatic rings. The second-order valence-corrected chi connectivity index (χ2v) is 11.1. The molecule has 0 spiro atoms. The number of carbonyl (C=O) groups excluding carboxylic acids is 1. The Morgan fingerprint density at radius 2 is 1.92 bits per heavy atom. The van der Waals surface area contributed by atoms with Gasteiger partial charge in [-0.1, -0.05) is 6.07 Å². The molecule has 8 nitrogen and oxygen atoms in total. The van der Waals surface area contributed by atoms with Crippen molar-refractivity contribution in [2.24, 2.45) is 0 Å². The number of fused-ring (bicyclic) bond motifs is 4. The van der Waals surface area contributed by atoms with E-state index in [0.717, 1.165) is 42.0 Å². The minimum absolute atomic E-state index is 0.000892. The Hall–Kier alpha value is -2.68. The predicted molar refractivity (Wildman–Crippen MR) is 143 cm³/mol. The third kappa shape index (κ3) is 4.82. The van der Waals surface area contributed by atoms with E-state index in [1.54, 1.807) is 6.20 Å². The zero-order valence-electron chi connectivity index (χ0n) is 22.1. The van der Waals surface area contributed by atoms with Crippen LogP contribution in [0.1, 0.15) is 57.9 Å². The highest BCUT2D eigenvalue weighted by atomic mass is 16.5. The van der Waals surface area contributed by atoms with Crippen molar-refractivity contribution in [3.05, 3.63) is 42.1 Å². The van der Waals surface area contributed by atoms with Gasteiger partial charge in [0, 0.05) is 36.6 Å². The number of hydrogen-bond donors (Lipinski definition) is 1. The molecule has 0 radical (unpaired) electrons. The van der Waals surface area contributed by atoms with Crippen LogP contribution in [0, 0.1) is 0 Å². The van der Waals surface area contributed by atoms with Crippen molar-refractivity contribution in [3.63, 3.8) is 0 Å². The van der Waals surface area contributed by atoms with Gasteiger partial charge in [0.1, 0.15) is 11.9 Å². The molecule has 0 saturated carbocycles. The average molecular weight is 507 g/mol. The quantitative estimate of drug-likeness (QED) is 0.625. The van der Waals surface area contributed by atoms with Crippen molar-refractivity contribution < 1.29 is 19.0 Å². The number of methoxy groups -OCH3 is 1. The lowest BCUT2D eigenvalue weighted by Crippen LogP contribution is -2.46. The van der Waals surface area contributed by atoms with Gasteiger partial charge >= 0.3 is 0 Å². The summed E-state index contributed by atoms with van der Waals surface area (Å²) in [6, 6.07) is 11.4. The van der Waals surface area contributed by atoms with Gasteiger partial charge in [-0.15, -0.1) is 0 Å². The molecule has 2 aromatic rings. The molecule has 2 bridgehead atoms. The monoisotopic (exact) mass is 506 g/mol. The van der Waals surface area contributed by atoms with Gasteiger partial charge in [0.05, 0.1) is 42.8 Å². The number of benzene rings is 1. The van der Waals surface area contributed by atoms with E-state index < -0.39 is 6.10 Å². The maximum absolute atomic E-state index is 14.0. The van der Waals surface area contributed by atoms with Crippen molar-refractivity contribution >= 4 is 28.8 Å². The Bertz CT molecular complexity index is 1120. The van der Waals surface area contributed by atoms with E-state index in [1.807, 2.05) is 38.0 Å². The first-order chi connectivity index (χ1) is 18.0. The average Bonchev–Trinajstić information content (AvgIpc) is 3.07. The van der Waals surface area contributed by atoms with Crippen LogP contribution >= 0.6 is 0 Å². The van der Waals surface area contributed by atoms with Gasteiger partial charge in [-0.25, -0.2) is 4.98 Å². The number of hydrogen-bond acceptors (Lipinski definition) is 7. The number of anilines is 4. The molecule has 1 aromatic heterocycles. The Morgan fingerprint density at radius 3 is 2.62 bits per heavy atom. The fourth-order valence-electron chi connectivity index (χ4n) is 6.60. The number of carbonyl (C=O) groups is 1. The fraction of sp³-hybridized carbons (Fsp3) is 0.586. The molecule has 1 aromatic carbocycles. The number of aromatic nitrogens is 1. The molecular formula is C29H38N4O4. The van der Waals surface area contributed by atoms with Crippen LogP contribution in [0.2, 0.25) is 0 Å². The van der Waals surface area contributed by atoms with E-state index in [0.29, 0.717) is 37.8 Å². The Balaban J connectivity index is 1.30. The van der Waals surface area contributed by atoms with E-state index in [-0.39, 0.29) is 18.1 Å². The molecule has 8 heteroatoms. The van der Waals surface area contributed by atoms with E-state index in [4.69, 9.17) is 14.2 Å². The summed E-state index contributed by atoms with van der Waals surface area (Å²) in [6.07, 6.45) is 7.80. The van der Waals surface area contributed by atoms with Gasteiger partial charge in [0.15, 0.2) is 0 Å². The first-order valence-corrected chi connectivity index (χ1v) is 13.7. The molecule has 3 saturated heterocycles. The number of nitrogens with one attached hydrogen (secondary N) is 1. The third-order valence-electron chi connectivity index (χ3n) is 8.31. The topological polar surface area (TPSA) is 76.2 Å². The maximum atomic E-state index is 14.0. The Labute approximate surface area is 219 Å². The fourth-order valence-corrected chi connectivity index (χ4v) is 6.60. The third-order valence-corrected chi connectivity index (χ3v) is 8.31. The van der Waals surface area contributed by atoms with Crippen molar-refractivity contribution in [2.75, 3.05) is 28.8 Å². The van der Waals surface area contributed by atoms with Crippen molar-refractivity contribution in [1.82, 2.24) is 4.98 Å². The first kappa shape index (κ1) is 24.6. The van der Waals surface area contributed by atoms with Crippen LogP contribution in [0.25, 0.3) is 0 Å². The zero-order chi connectivity index (χ0) is 25.5. The summed E-state index contributed by atoms with van der Waals surface area (Å²) in [4.78, 5) is 23.0. The number of rotatable bonds is 5. The lowest BCUT2D eigenvalue weighted by Gasteiger charge is -2.40. The van der Waals surface area contributed by atoms with E-state index in [1.165, 1.54) is 18.5 Å². The van der Waals surface area contributed by atoms with Gasteiger partial charge < -0.3 is 29.3 Å². The molecule has 1 N–H and O–H groups in total. The van der Waals surface area contributed by atoms with Gasteiger partial charge in [0.2, 0.25) is 0 Å². The minimum atomic E-state index is -0.477. The highest BCUT2D eigenvalue weighted by molar-refractivity contribution is 6.01. The summed E-state index contributed by atoms with van der Waals surface area (Å²) >= 11 is 0. The van der Waals surface area contributed by atoms with E-state index in [9.17, 15) is 4.79 Å². The van der Waals surface area contributed by atoms with E-state index >= 15 is 0 Å². The van der Waals surface area contributed by atoms with Crippen LogP contribution in [0.15, 0.2) is 36.5 Å². The van der Waals surface area contributed by atoms with Crippen molar-refractivity contribution in [3.8, 4) is 0 Å². The number of amides is 1. The largest absolute Gasteiger partial charge is 0.381 e. The summed E-state index contributed by atoms with van der Waals surface area (Å²) in [5.74, 6) is 0.795. The zero-order valence-corrected chi connectivity index (χ0v) is 22.1. The summed E-state index contributed by atoms with van der Waals surface area (Å²) in [7, 11) is 1.83. The summed E-state index contributed by atoms with van der Waals surface area (Å²) in [5, 5.41) is 3.50. The smallest absolute Gasteiger partial charge is 0.256 e. The van der Waals surface area contributed by atoms with Crippen LogP contribution in [0.5, 0.6) is 0 Å². The van der Waals surface area contributed by atoms with Crippen LogP contribution in [-0.4, -0.2) is 61.1 Å². The summed E-state index contributed by atoms with van der Waals surface area (Å²) < 4.78 is 17.7. The normalized spacial score (nSPS) is 28.9. The standard InChI is InChI=1S/C29H38N4O4/c1-18(2)37-23-9-11-27(36-17-23)29(34)32-16-19-5-4-12-30-28(19)31-25-10-8-22(15-26(25)32)33-20-6-7-21(33)14-24(13-20)35-3/h4-5,8,10,12,15,18,20-21,23-24,27H,6-7,9,11,13-14,16-17H2,1-3H3,(H,30,31)/t20-,21+,23-,24?,27+/m0/s1. The van der Waals surface area contributed by atoms with Crippen molar-refractivity contribution in [1.29, 1.82) is 0 Å².